The van der Waals surface area contributed by atoms with E-state index in [1.165, 1.54) is 29.7 Å². The SMILES string of the molecule is CCCCCCCn1cc([N+](=O)[O-])cc(C)c1=O. The van der Waals surface area contributed by atoms with Gasteiger partial charge in [-0.15, -0.1) is 0 Å². The molecule has 0 unspecified atom stereocenters. The molecule has 0 aliphatic heterocycles. The molecule has 0 saturated carbocycles. The van der Waals surface area contributed by atoms with Crippen molar-refractivity contribution in [2.75, 3.05) is 0 Å². The maximum atomic E-state index is 11.8. The Labute approximate surface area is 107 Å². The normalized spacial score (nSPS) is 10.6. The van der Waals surface area contributed by atoms with Crippen molar-refractivity contribution in [3.8, 4) is 0 Å². The topological polar surface area (TPSA) is 65.1 Å². The van der Waals surface area contributed by atoms with Crippen LogP contribution in [0.4, 0.5) is 5.69 Å². The number of unbranched alkanes of at least 4 members (excludes halogenated alkanes) is 4. The van der Waals surface area contributed by atoms with Crippen LogP contribution in [0, 0.1) is 17.0 Å². The average molecular weight is 252 g/mol. The first-order chi connectivity index (χ1) is 8.56. The fourth-order valence-electron chi connectivity index (χ4n) is 1.92. The van der Waals surface area contributed by atoms with Crippen LogP contribution in [0.5, 0.6) is 0 Å². The summed E-state index contributed by atoms with van der Waals surface area (Å²) in [4.78, 5) is 22.1. The summed E-state index contributed by atoms with van der Waals surface area (Å²) in [5.41, 5.74) is 0.287. The quantitative estimate of drug-likeness (QED) is 0.425. The third-order valence-corrected chi connectivity index (χ3v) is 2.96. The molecule has 0 aromatic carbocycles. The van der Waals surface area contributed by atoms with E-state index < -0.39 is 4.92 Å². The lowest BCUT2D eigenvalue weighted by molar-refractivity contribution is -0.385. The number of hydrogen-bond acceptors (Lipinski definition) is 3. The van der Waals surface area contributed by atoms with Gasteiger partial charge in [-0.3, -0.25) is 14.9 Å². The third-order valence-electron chi connectivity index (χ3n) is 2.96. The second-order valence-electron chi connectivity index (χ2n) is 4.55. The van der Waals surface area contributed by atoms with Gasteiger partial charge in [0.1, 0.15) is 0 Å². The molecule has 0 aliphatic rings. The summed E-state index contributed by atoms with van der Waals surface area (Å²) in [7, 11) is 0. The molecule has 0 saturated heterocycles. The van der Waals surface area contributed by atoms with E-state index in [0.717, 1.165) is 19.3 Å². The first-order valence-corrected chi connectivity index (χ1v) is 6.41. The highest BCUT2D eigenvalue weighted by Crippen LogP contribution is 2.11. The largest absolute Gasteiger partial charge is 0.309 e. The molecule has 1 aromatic rings. The highest BCUT2D eigenvalue weighted by Gasteiger charge is 2.10. The van der Waals surface area contributed by atoms with Gasteiger partial charge in [-0.1, -0.05) is 32.6 Å². The molecule has 1 rings (SSSR count). The Morgan fingerprint density at radius 1 is 1.28 bits per heavy atom. The second-order valence-corrected chi connectivity index (χ2v) is 4.55. The number of rotatable bonds is 7. The lowest BCUT2D eigenvalue weighted by atomic mass is 10.1. The minimum Gasteiger partial charge on any atom is -0.309 e. The van der Waals surface area contributed by atoms with Gasteiger partial charge >= 0.3 is 0 Å². The van der Waals surface area contributed by atoms with E-state index in [0.29, 0.717) is 12.1 Å². The second kappa shape index (κ2) is 6.93. The van der Waals surface area contributed by atoms with Gasteiger partial charge in [-0.2, -0.15) is 0 Å². The summed E-state index contributed by atoms with van der Waals surface area (Å²) in [6, 6.07) is 1.33. The zero-order chi connectivity index (χ0) is 13.5. The summed E-state index contributed by atoms with van der Waals surface area (Å²) >= 11 is 0. The van der Waals surface area contributed by atoms with Crippen molar-refractivity contribution >= 4 is 5.69 Å². The molecule has 18 heavy (non-hydrogen) atoms. The summed E-state index contributed by atoms with van der Waals surface area (Å²) in [6.07, 6.45) is 6.82. The molecule has 0 aliphatic carbocycles. The molecule has 0 spiro atoms. The maximum absolute atomic E-state index is 11.8. The zero-order valence-corrected chi connectivity index (χ0v) is 11.0. The third kappa shape index (κ3) is 3.98. The van der Waals surface area contributed by atoms with Crippen LogP contribution in [0.3, 0.4) is 0 Å². The molecular formula is C13H20N2O3. The Morgan fingerprint density at radius 3 is 2.56 bits per heavy atom. The van der Waals surface area contributed by atoms with Gasteiger partial charge in [-0.05, 0) is 13.3 Å². The summed E-state index contributed by atoms with van der Waals surface area (Å²) in [6.45, 7) is 4.32. The smallest absolute Gasteiger partial charge is 0.286 e. The Morgan fingerprint density at radius 2 is 1.94 bits per heavy atom. The van der Waals surface area contributed by atoms with E-state index in [9.17, 15) is 14.9 Å². The lowest BCUT2D eigenvalue weighted by Crippen LogP contribution is -2.22. The highest BCUT2D eigenvalue weighted by molar-refractivity contribution is 5.30. The van der Waals surface area contributed by atoms with Gasteiger partial charge in [0.2, 0.25) is 0 Å². The monoisotopic (exact) mass is 252 g/mol. The minimum absolute atomic E-state index is 0.0133. The van der Waals surface area contributed by atoms with E-state index in [4.69, 9.17) is 0 Å². The number of hydrogen-bond donors (Lipinski definition) is 0. The van der Waals surface area contributed by atoms with Crippen LogP contribution in [0.15, 0.2) is 17.1 Å². The molecule has 1 aromatic heterocycles. The van der Waals surface area contributed by atoms with Crippen molar-refractivity contribution in [1.82, 2.24) is 4.57 Å². The van der Waals surface area contributed by atoms with Crippen LogP contribution >= 0.6 is 0 Å². The summed E-state index contributed by atoms with van der Waals surface area (Å²) in [5.74, 6) is 0. The lowest BCUT2D eigenvalue weighted by Gasteiger charge is -2.06. The van der Waals surface area contributed by atoms with Crippen LogP contribution in [-0.2, 0) is 6.54 Å². The van der Waals surface area contributed by atoms with E-state index in [2.05, 4.69) is 6.92 Å². The molecule has 0 bridgehead atoms. The Kier molecular flexibility index (Phi) is 5.55. The number of aryl methyl sites for hydroxylation is 2. The number of nitrogens with zero attached hydrogens (tertiary/aromatic N) is 2. The highest BCUT2D eigenvalue weighted by atomic mass is 16.6. The Balaban J connectivity index is 2.69. The van der Waals surface area contributed by atoms with E-state index in [-0.39, 0.29) is 11.2 Å². The molecule has 0 amide bonds. The van der Waals surface area contributed by atoms with E-state index >= 15 is 0 Å². The number of pyridine rings is 1. The average Bonchev–Trinajstić information content (AvgIpc) is 2.33. The predicted octanol–water partition coefficient (Wildman–Crippen LogP) is 3.04. The molecule has 100 valence electrons. The van der Waals surface area contributed by atoms with Crippen molar-refractivity contribution in [3.05, 3.63) is 38.3 Å². The molecule has 0 atom stereocenters. The molecule has 5 heteroatoms. The van der Waals surface area contributed by atoms with Gasteiger partial charge in [0.05, 0.1) is 11.1 Å². The van der Waals surface area contributed by atoms with Crippen molar-refractivity contribution < 1.29 is 4.92 Å². The van der Waals surface area contributed by atoms with Crippen molar-refractivity contribution in [2.24, 2.45) is 0 Å². The molecule has 5 nitrogen and oxygen atoms in total. The molecule has 0 N–H and O–H groups in total. The van der Waals surface area contributed by atoms with Gasteiger partial charge in [-0.25, -0.2) is 0 Å². The number of nitro groups is 1. The van der Waals surface area contributed by atoms with E-state index in [1.807, 2.05) is 0 Å². The van der Waals surface area contributed by atoms with E-state index in [1.54, 1.807) is 6.92 Å². The van der Waals surface area contributed by atoms with Crippen molar-refractivity contribution in [3.63, 3.8) is 0 Å². The van der Waals surface area contributed by atoms with Gasteiger partial charge < -0.3 is 4.57 Å². The van der Waals surface area contributed by atoms with Crippen LogP contribution in [-0.4, -0.2) is 9.49 Å². The fourth-order valence-corrected chi connectivity index (χ4v) is 1.92. The molecular weight excluding hydrogens is 232 g/mol. The standard InChI is InChI=1S/C13H20N2O3/c1-3-4-5-6-7-8-14-10-12(15(17)18)9-11(2)13(14)16/h9-10H,3-8H2,1-2H3. The van der Waals surface area contributed by atoms with Crippen LogP contribution in [0.25, 0.3) is 0 Å². The minimum atomic E-state index is -0.458. The summed E-state index contributed by atoms with van der Waals surface area (Å²) < 4.78 is 1.46. The molecule has 0 radical (unpaired) electrons. The number of aromatic nitrogens is 1. The molecule has 0 fully saturated rings. The Bertz CT molecular complexity index is 466. The van der Waals surface area contributed by atoms with Crippen LogP contribution in [0.2, 0.25) is 0 Å². The summed E-state index contributed by atoms with van der Waals surface area (Å²) in [5, 5.41) is 10.7. The first kappa shape index (κ1) is 14.4. The van der Waals surface area contributed by atoms with Gasteiger partial charge in [0, 0.05) is 18.2 Å². The first-order valence-electron chi connectivity index (χ1n) is 6.41. The van der Waals surface area contributed by atoms with Crippen LogP contribution in [0.1, 0.15) is 44.6 Å². The zero-order valence-electron chi connectivity index (χ0n) is 11.0. The molecule has 1 heterocycles. The van der Waals surface area contributed by atoms with Gasteiger partial charge in [0.25, 0.3) is 11.2 Å². The van der Waals surface area contributed by atoms with Crippen molar-refractivity contribution in [1.29, 1.82) is 0 Å². The maximum Gasteiger partial charge on any atom is 0.286 e. The Hall–Kier alpha value is -1.65. The van der Waals surface area contributed by atoms with Crippen molar-refractivity contribution in [2.45, 2.75) is 52.5 Å². The fraction of sp³-hybridized carbons (Fsp3) is 0.615. The van der Waals surface area contributed by atoms with Gasteiger partial charge in [0.15, 0.2) is 0 Å². The predicted molar refractivity (Wildman–Crippen MR) is 70.9 cm³/mol. The van der Waals surface area contributed by atoms with Crippen LogP contribution < -0.4 is 5.56 Å².